The van der Waals surface area contributed by atoms with Gasteiger partial charge in [0, 0.05) is 30.2 Å². The molecule has 0 spiro atoms. The second-order valence-corrected chi connectivity index (χ2v) is 7.72. The lowest BCUT2D eigenvalue weighted by atomic mass is 10.2. The van der Waals surface area contributed by atoms with Gasteiger partial charge in [-0.25, -0.2) is 9.69 Å². The Balaban J connectivity index is 1.26. The third kappa shape index (κ3) is 4.77. The van der Waals surface area contributed by atoms with E-state index >= 15 is 0 Å². The van der Waals surface area contributed by atoms with Crippen LogP contribution in [-0.4, -0.2) is 49.2 Å². The van der Waals surface area contributed by atoms with E-state index in [0.29, 0.717) is 18.0 Å². The number of anilines is 1. The summed E-state index contributed by atoms with van der Waals surface area (Å²) >= 11 is 0. The van der Waals surface area contributed by atoms with Crippen LogP contribution in [0.1, 0.15) is 12.8 Å². The normalized spacial score (nSPS) is 15.6. The van der Waals surface area contributed by atoms with Crippen molar-refractivity contribution in [1.29, 1.82) is 0 Å². The van der Waals surface area contributed by atoms with Crippen LogP contribution in [0.2, 0.25) is 0 Å². The summed E-state index contributed by atoms with van der Waals surface area (Å²) in [6.45, 7) is 1.20. The Morgan fingerprint density at radius 3 is 2.48 bits per heavy atom. The van der Waals surface area contributed by atoms with Crippen LogP contribution in [0.15, 0.2) is 54.7 Å². The van der Waals surface area contributed by atoms with Gasteiger partial charge in [0.25, 0.3) is 5.91 Å². The van der Waals surface area contributed by atoms with Gasteiger partial charge in [-0.1, -0.05) is 0 Å². The third-order valence-electron chi connectivity index (χ3n) is 5.62. The number of imide groups is 1. The van der Waals surface area contributed by atoms with Gasteiger partial charge >= 0.3 is 6.03 Å². The van der Waals surface area contributed by atoms with Crippen molar-refractivity contribution in [2.24, 2.45) is 0 Å². The van der Waals surface area contributed by atoms with E-state index in [-0.39, 0.29) is 12.3 Å². The quantitative estimate of drug-likeness (QED) is 0.386. The van der Waals surface area contributed by atoms with E-state index in [0.717, 1.165) is 34.5 Å². The van der Waals surface area contributed by atoms with Gasteiger partial charge in [0.05, 0.1) is 26.3 Å². The van der Waals surface area contributed by atoms with E-state index in [1.165, 1.54) is 7.11 Å². The first-order valence-corrected chi connectivity index (χ1v) is 10.7. The molecule has 1 aliphatic rings. The van der Waals surface area contributed by atoms with E-state index < -0.39 is 18.0 Å². The Kier molecular flexibility index (Phi) is 6.48. The Hall–Kier alpha value is -4.01. The molecule has 1 aliphatic heterocycles. The maximum atomic E-state index is 12.7. The van der Waals surface area contributed by atoms with Gasteiger partial charge in [-0.05, 0) is 55.0 Å². The van der Waals surface area contributed by atoms with Gasteiger partial charge in [0.1, 0.15) is 17.5 Å². The van der Waals surface area contributed by atoms with Crippen LogP contribution in [0.4, 0.5) is 10.5 Å². The summed E-state index contributed by atoms with van der Waals surface area (Å²) in [5.41, 5.74) is 1.53. The highest BCUT2D eigenvalue weighted by molar-refractivity contribution is 6.22. The van der Waals surface area contributed by atoms with Crippen LogP contribution < -0.4 is 25.0 Å². The van der Waals surface area contributed by atoms with Crippen LogP contribution in [0.5, 0.6) is 11.5 Å². The summed E-state index contributed by atoms with van der Waals surface area (Å²) in [6.07, 6.45) is 2.63. The van der Waals surface area contributed by atoms with Crippen LogP contribution in [0.25, 0.3) is 10.9 Å². The topological polar surface area (TPSA) is 102 Å². The van der Waals surface area contributed by atoms with Crippen molar-refractivity contribution in [1.82, 2.24) is 15.2 Å². The van der Waals surface area contributed by atoms with Crippen LogP contribution in [-0.2, 0) is 16.1 Å². The smallest absolute Gasteiger partial charge is 0.329 e. The zero-order chi connectivity index (χ0) is 23.4. The molecule has 2 heterocycles. The molecule has 0 unspecified atom stereocenters. The lowest BCUT2D eigenvalue weighted by molar-refractivity contribution is -0.125. The second kappa shape index (κ2) is 9.64. The van der Waals surface area contributed by atoms with E-state index in [1.54, 1.807) is 31.4 Å². The molecule has 9 heteroatoms. The molecular weight excluding hydrogens is 424 g/mol. The molecular formula is C24H26N4O5. The number of nitrogens with zero attached hydrogens (tertiary/aromatic N) is 2. The van der Waals surface area contributed by atoms with Crippen LogP contribution >= 0.6 is 0 Å². The number of amides is 4. The fraction of sp³-hybridized carbons (Fsp3) is 0.292. The lowest BCUT2D eigenvalue weighted by Gasteiger charge is -2.13. The maximum Gasteiger partial charge on any atom is 0.329 e. The van der Waals surface area contributed by atoms with Crippen molar-refractivity contribution in [2.45, 2.75) is 25.4 Å². The number of hydrogen-bond donors (Lipinski definition) is 2. The number of carbonyl (C=O) groups excluding carboxylic acids is 3. The van der Waals surface area contributed by atoms with Crippen molar-refractivity contribution >= 4 is 34.4 Å². The summed E-state index contributed by atoms with van der Waals surface area (Å²) in [4.78, 5) is 38.4. The van der Waals surface area contributed by atoms with Crippen molar-refractivity contribution in [3.05, 3.63) is 54.7 Å². The highest BCUT2D eigenvalue weighted by Gasteiger charge is 2.39. The predicted octanol–water partition coefficient (Wildman–Crippen LogP) is 2.68. The molecule has 0 radical (unpaired) electrons. The Labute approximate surface area is 191 Å². The van der Waals surface area contributed by atoms with E-state index in [1.807, 2.05) is 30.5 Å². The minimum absolute atomic E-state index is 0.108. The van der Waals surface area contributed by atoms with Gasteiger partial charge in [0.2, 0.25) is 5.91 Å². The molecule has 3 aromatic rings. The Bertz CT molecular complexity index is 1170. The van der Waals surface area contributed by atoms with Crippen LogP contribution in [0.3, 0.4) is 0 Å². The largest absolute Gasteiger partial charge is 0.497 e. The molecule has 1 atom stereocenters. The van der Waals surface area contributed by atoms with Crippen molar-refractivity contribution < 1.29 is 23.9 Å². The van der Waals surface area contributed by atoms with E-state index in [9.17, 15) is 14.4 Å². The molecule has 9 nitrogen and oxygen atoms in total. The van der Waals surface area contributed by atoms with Crippen LogP contribution in [0, 0.1) is 0 Å². The fourth-order valence-corrected chi connectivity index (χ4v) is 3.88. The number of aryl methyl sites for hydroxylation is 1. The number of ether oxygens (including phenoxy) is 2. The van der Waals surface area contributed by atoms with E-state index in [2.05, 4.69) is 15.2 Å². The van der Waals surface area contributed by atoms with Gasteiger partial charge in [-0.2, -0.15) is 0 Å². The summed E-state index contributed by atoms with van der Waals surface area (Å²) in [5.74, 6) is 0.697. The fourth-order valence-electron chi connectivity index (χ4n) is 3.88. The molecule has 0 bridgehead atoms. The summed E-state index contributed by atoms with van der Waals surface area (Å²) in [5, 5.41) is 6.51. The molecule has 172 valence electrons. The number of urea groups is 1. The first kappa shape index (κ1) is 22.2. The SMILES string of the molecule is COc1ccc(N2C(=O)N[C@H](CC(=O)NCCCn3ccc4cc(OC)ccc43)C2=O)cc1. The molecule has 0 aliphatic carbocycles. The number of fused-ring (bicyclic) bond motifs is 1. The first-order chi connectivity index (χ1) is 16.0. The second-order valence-electron chi connectivity index (χ2n) is 7.72. The number of carbonyl (C=O) groups is 3. The molecule has 2 aromatic carbocycles. The molecule has 1 saturated heterocycles. The van der Waals surface area contributed by atoms with Crippen molar-refractivity contribution in [3.63, 3.8) is 0 Å². The van der Waals surface area contributed by atoms with Gasteiger partial charge < -0.3 is 24.7 Å². The number of methoxy groups -OCH3 is 2. The molecule has 0 saturated carbocycles. The molecule has 4 rings (SSSR count). The molecule has 2 N–H and O–H groups in total. The minimum atomic E-state index is -0.886. The monoisotopic (exact) mass is 450 g/mol. The highest BCUT2D eigenvalue weighted by Crippen LogP contribution is 2.24. The number of nitrogens with one attached hydrogen (secondary N) is 2. The van der Waals surface area contributed by atoms with Crippen molar-refractivity contribution in [2.75, 3.05) is 25.7 Å². The van der Waals surface area contributed by atoms with E-state index in [4.69, 9.17) is 9.47 Å². The zero-order valence-electron chi connectivity index (χ0n) is 18.5. The third-order valence-corrected chi connectivity index (χ3v) is 5.62. The number of rotatable bonds is 9. The van der Waals surface area contributed by atoms with Gasteiger partial charge in [-0.3, -0.25) is 9.59 Å². The average molecular weight is 450 g/mol. The summed E-state index contributed by atoms with van der Waals surface area (Å²) in [6, 6.07) is 13.1. The molecule has 33 heavy (non-hydrogen) atoms. The highest BCUT2D eigenvalue weighted by atomic mass is 16.5. The minimum Gasteiger partial charge on any atom is -0.497 e. The molecule has 4 amide bonds. The maximum absolute atomic E-state index is 12.7. The predicted molar refractivity (Wildman–Crippen MR) is 124 cm³/mol. The lowest BCUT2D eigenvalue weighted by Crippen LogP contribution is -2.37. The average Bonchev–Trinajstić information content (AvgIpc) is 3.36. The first-order valence-electron chi connectivity index (χ1n) is 10.7. The molecule has 1 aromatic heterocycles. The Morgan fingerprint density at radius 2 is 1.76 bits per heavy atom. The number of hydrogen-bond acceptors (Lipinski definition) is 5. The number of aromatic nitrogens is 1. The Morgan fingerprint density at radius 1 is 1.03 bits per heavy atom. The standard InChI is InChI=1S/C24H26N4O5/c1-32-18-6-4-17(5-7-18)28-23(30)20(26-24(28)31)15-22(29)25-11-3-12-27-13-10-16-14-19(33-2)8-9-21(16)27/h4-10,13-14,20H,3,11-12,15H2,1-2H3,(H,25,29)(H,26,31)/t20-/m1/s1. The summed E-state index contributed by atoms with van der Waals surface area (Å²) < 4.78 is 12.5. The van der Waals surface area contributed by atoms with Crippen molar-refractivity contribution in [3.8, 4) is 11.5 Å². The van der Waals surface area contributed by atoms with Gasteiger partial charge in [0.15, 0.2) is 0 Å². The summed E-state index contributed by atoms with van der Waals surface area (Å²) in [7, 11) is 3.18. The molecule has 1 fully saturated rings. The van der Waals surface area contributed by atoms with Gasteiger partial charge in [-0.15, -0.1) is 0 Å². The zero-order valence-corrected chi connectivity index (χ0v) is 18.5. The number of benzene rings is 2.